The molecule has 0 amide bonds. The summed E-state index contributed by atoms with van der Waals surface area (Å²) in [4.78, 5) is 26.5. The van der Waals surface area contributed by atoms with Crippen molar-refractivity contribution in [2.24, 2.45) is 7.05 Å². The van der Waals surface area contributed by atoms with Crippen LogP contribution in [-0.2, 0) is 18.3 Å². The number of pyridine rings is 2. The first kappa shape index (κ1) is 22.0. The summed E-state index contributed by atoms with van der Waals surface area (Å²) in [7, 11) is 3.40. The zero-order valence-electron chi connectivity index (χ0n) is 18.3. The molecule has 0 unspecified atom stereocenters. The van der Waals surface area contributed by atoms with Crippen molar-refractivity contribution >= 4 is 33.9 Å². The number of fused-ring (bicyclic) bond motifs is 1. The Bertz CT molecular complexity index is 1280. The van der Waals surface area contributed by atoms with E-state index in [1.165, 1.54) is 0 Å². The third kappa shape index (κ3) is 4.11. The molecule has 0 bridgehead atoms. The van der Waals surface area contributed by atoms with Gasteiger partial charge in [-0.05, 0) is 25.1 Å². The van der Waals surface area contributed by atoms with Crippen molar-refractivity contribution in [1.82, 2.24) is 14.5 Å². The molecule has 9 heteroatoms. The fourth-order valence-electron chi connectivity index (χ4n) is 4.25. The summed E-state index contributed by atoms with van der Waals surface area (Å²) < 4.78 is 7.10. The molecule has 0 saturated carbocycles. The van der Waals surface area contributed by atoms with Crippen LogP contribution >= 0.6 is 11.3 Å². The molecule has 0 radical (unpaired) electrons. The second-order valence-electron chi connectivity index (χ2n) is 8.03. The predicted octanol–water partition coefficient (Wildman–Crippen LogP) is 3.14. The lowest BCUT2D eigenvalue weighted by Gasteiger charge is -2.46. The van der Waals surface area contributed by atoms with E-state index in [4.69, 9.17) is 16.6 Å². The molecule has 1 aliphatic heterocycles. The van der Waals surface area contributed by atoms with Crippen molar-refractivity contribution < 1.29 is 4.74 Å². The molecule has 4 heterocycles. The fraction of sp³-hybridized carbons (Fsp3) is 0.391. The van der Waals surface area contributed by atoms with Crippen LogP contribution in [0.1, 0.15) is 17.4 Å². The summed E-state index contributed by atoms with van der Waals surface area (Å²) in [5.41, 5.74) is 2.68. The Labute approximate surface area is 190 Å². The molecule has 0 aromatic carbocycles. The van der Waals surface area contributed by atoms with Gasteiger partial charge in [-0.2, -0.15) is 5.26 Å². The molecule has 164 valence electrons. The number of ether oxygens (including phenoxy) is 1. The first-order valence-electron chi connectivity index (χ1n) is 10.3. The summed E-state index contributed by atoms with van der Waals surface area (Å²) >= 11 is 1.60. The normalized spacial score (nSPS) is 19.1. The second kappa shape index (κ2) is 9.09. The lowest BCUT2D eigenvalue weighted by molar-refractivity contribution is 0.103. The van der Waals surface area contributed by atoms with E-state index in [1.807, 2.05) is 11.4 Å². The molecule has 3 aromatic rings. The van der Waals surface area contributed by atoms with E-state index < -0.39 is 0 Å². The highest BCUT2D eigenvalue weighted by molar-refractivity contribution is 7.10. The van der Waals surface area contributed by atoms with Gasteiger partial charge in [-0.1, -0.05) is 6.57 Å². The van der Waals surface area contributed by atoms with Crippen LogP contribution in [0.2, 0.25) is 0 Å². The SMILES string of the molecule is [C-]#[N+]c1ccc2c(n1)c(N1C[C@@H](C)N(Cc3cc(C#N)cs3)C[C@@H]1COC)cc(=O)n2C. The highest BCUT2D eigenvalue weighted by Crippen LogP contribution is 2.31. The number of hydrogen-bond acceptors (Lipinski definition) is 7. The van der Waals surface area contributed by atoms with Gasteiger partial charge in [0.1, 0.15) is 6.07 Å². The maximum atomic E-state index is 12.7. The zero-order valence-corrected chi connectivity index (χ0v) is 19.1. The van der Waals surface area contributed by atoms with Gasteiger partial charge in [0.25, 0.3) is 11.4 Å². The van der Waals surface area contributed by atoms with Gasteiger partial charge in [0.2, 0.25) is 5.52 Å². The van der Waals surface area contributed by atoms with Gasteiger partial charge in [0.05, 0.1) is 29.4 Å². The minimum Gasteiger partial charge on any atom is -0.383 e. The van der Waals surface area contributed by atoms with Crippen molar-refractivity contribution in [2.75, 3.05) is 31.7 Å². The van der Waals surface area contributed by atoms with Crippen LogP contribution in [-0.4, -0.2) is 53.3 Å². The number of thiophene rings is 1. The van der Waals surface area contributed by atoms with E-state index in [2.05, 4.69) is 32.6 Å². The highest BCUT2D eigenvalue weighted by atomic mass is 32.1. The minimum absolute atomic E-state index is 0.0142. The fourth-order valence-corrected chi connectivity index (χ4v) is 5.09. The number of hydrogen-bond donors (Lipinski definition) is 0. The summed E-state index contributed by atoms with van der Waals surface area (Å²) in [5.74, 6) is 0.304. The van der Waals surface area contributed by atoms with Crippen molar-refractivity contribution in [2.45, 2.75) is 25.6 Å². The summed E-state index contributed by atoms with van der Waals surface area (Å²) in [5, 5.41) is 11.0. The molecule has 4 rings (SSSR count). The maximum absolute atomic E-state index is 12.7. The molecule has 0 N–H and O–H groups in total. The monoisotopic (exact) mass is 448 g/mol. The Morgan fingerprint density at radius 2 is 2.19 bits per heavy atom. The lowest BCUT2D eigenvalue weighted by atomic mass is 10.1. The molecule has 1 fully saturated rings. The first-order valence-corrected chi connectivity index (χ1v) is 11.2. The Morgan fingerprint density at radius 3 is 2.88 bits per heavy atom. The average molecular weight is 449 g/mol. The molecule has 2 atom stereocenters. The van der Waals surface area contributed by atoms with Gasteiger partial charge in [-0.15, -0.1) is 16.3 Å². The number of nitriles is 1. The number of aromatic nitrogens is 2. The molecule has 3 aromatic heterocycles. The largest absolute Gasteiger partial charge is 0.383 e. The van der Waals surface area contributed by atoms with Gasteiger partial charge in [0.15, 0.2) is 0 Å². The second-order valence-corrected chi connectivity index (χ2v) is 9.03. The van der Waals surface area contributed by atoms with E-state index in [0.717, 1.165) is 23.7 Å². The van der Waals surface area contributed by atoms with Crippen LogP contribution < -0.4 is 10.5 Å². The average Bonchev–Trinajstić information content (AvgIpc) is 3.26. The van der Waals surface area contributed by atoms with Crippen LogP contribution in [0.5, 0.6) is 0 Å². The lowest BCUT2D eigenvalue weighted by Crippen LogP contribution is -2.58. The molecule has 0 spiro atoms. The Balaban J connectivity index is 1.71. The quantitative estimate of drug-likeness (QED) is 0.558. The van der Waals surface area contributed by atoms with Crippen LogP contribution in [0.15, 0.2) is 34.4 Å². The van der Waals surface area contributed by atoms with Crippen LogP contribution in [0.3, 0.4) is 0 Å². The van der Waals surface area contributed by atoms with Crippen molar-refractivity contribution in [3.8, 4) is 6.07 Å². The number of anilines is 1. The Morgan fingerprint density at radius 1 is 1.38 bits per heavy atom. The van der Waals surface area contributed by atoms with E-state index >= 15 is 0 Å². The van der Waals surface area contributed by atoms with E-state index in [0.29, 0.717) is 35.6 Å². The van der Waals surface area contributed by atoms with E-state index in [-0.39, 0.29) is 17.6 Å². The van der Waals surface area contributed by atoms with Crippen molar-refractivity contribution in [3.63, 3.8) is 0 Å². The van der Waals surface area contributed by atoms with Gasteiger partial charge in [0, 0.05) is 56.2 Å². The molecule has 8 nitrogen and oxygen atoms in total. The zero-order chi connectivity index (χ0) is 22.8. The summed E-state index contributed by atoms with van der Waals surface area (Å²) in [6.07, 6.45) is 0. The first-order chi connectivity index (χ1) is 15.4. The van der Waals surface area contributed by atoms with E-state index in [1.54, 1.807) is 48.3 Å². The molecular weight excluding hydrogens is 424 g/mol. The predicted molar refractivity (Wildman–Crippen MR) is 125 cm³/mol. The van der Waals surface area contributed by atoms with E-state index in [9.17, 15) is 4.79 Å². The third-order valence-corrected chi connectivity index (χ3v) is 6.87. The topological polar surface area (TPSA) is 78.8 Å². The van der Waals surface area contributed by atoms with Gasteiger partial charge < -0.3 is 19.0 Å². The molecular formula is C23H24N6O2S. The maximum Gasteiger partial charge on any atom is 0.270 e. The molecule has 0 aliphatic carbocycles. The van der Waals surface area contributed by atoms with Crippen molar-refractivity contribution in [1.29, 1.82) is 5.26 Å². The number of aryl methyl sites for hydroxylation is 1. The van der Waals surface area contributed by atoms with Gasteiger partial charge in [-0.3, -0.25) is 9.69 Å². The summed E-state index contributed by atoms with van der Waals surface area (Å²) in [6.45, 7) is 12.2. The number of methoxy groups -OCH3 is 1. The van der Waals surface area contributed by atoms with Gasteiger partial charge >= 0.3 is 0 Å². The van der Waals surface area contributed by atoms with Crippen LogP contribution in [0, 0.1) is 17.9 Å². The van der Waals surface area contributed by atoms with Crippen LogP contribution in [0.4, 0.5) is 11.5 Å². The standard InChI is InChI=1S/C23H24N6O2S/c1-15-10-29(17(13-31-4)11-28(15)12-18-7-16(9-24)14-32-18)20-8-22(30)27(3)19-5-6-21(25-2)26-23(19)20/h5-8,14-15,17H,10-13H2,1,3-4H3/t15-,17-/m1/s1. The third-order valence-electron chi connectivity index (χ3n) is 5.95. The minimum atomic E-state index is -0.112. The smallest absolute Gasteiger partial charge is 0.270 e. The van der Waals surface area contributed by atoms with Crippen molar-refractivity contribution in [3.05, 3.63) is 61.9 Å². The Kier molecular flexibility index (Phi) is 6.24. The number of rotatable bonds is 5. The number of nitrogens with zero attached hydrogens (tertiary/aromatic N) is 6. The number of piperazine rings is 1. The Hall–Kier alpha value is -3.24. The van der Waals surface area contributed by atoms with Gasteiger partial charge in [-0.25, -0.2) is 0 Å². The molecule has 32 heavy (non-hydrogen) atoms. The van der Waals surface area contributed by atoms with Crippen LogP contribution in [0.25, 0.3) is 15.9 Å². The highest BCUT2D eigenvalue weighted by Gasteiger charge is 2.34. The summed E-state index contributed by atoms with van der Waals surface area (Å²) in [6, 6.07) is 9.40. The molecule has 1 aliphatic rings. The molecule has 1 saturated heterocycles.